The van der Waals surface area contributed by atoms with Crippen LogP contribution in [0.5, 0.6) is 5.75 Å². The van der Waals surface area contributed by atoms with E-state index in [-0.39, 0.29) is 42.1 Å². The molecule has 0 radical (unpaired) electrons. The number of nitrogens with one attached hydrogen (secondary N) is 1. The summed E-state index contributed by atoms with van der Waals surface area (Å²) in [5, 5.41) is 6.35. The zero-order chi connectivity index (χ0) is 34.4. The number of aryl methyl sites for hydroxylation is 1. The minimum atomic E-state index is -3.85. The summed E-state index contributed by atoms with van der Waals surface area (Å²) in [5.74, 6) is -1.55. The van der Waals surface area contributed by atoms with E-state index < -0.39 is 45.8 Å². The first kappa shape index (κ1) is 33.0. The molecule has 49 heavy (non-hydrogen) atoms. The Hall–Kier alpha value is -4.56. The maximum Gasteiger partial charge on any atom is 0.261 e. The van der Waals surface area contributed by atoms with Crippen molar-refractivity contribution in [1.29, 1.82) is 0 Å². The summed E-state index contributed by atoms with van der Waals surface area (Å²) in [5.41, 5.74) is 2.22. The van der Waals surface area contributed by atoms with Gasteiger partial charge in [0.1, 0.15) is 16.7 Å². The summed E-state index contributed by atoms with van der Waals surface area (Å²) in [4.78, 5) is 57.6. The van der Waals surface area contributed by atoms with Crippen LogP contribution in [0.2, 0.25) is 0 Å². The number of aromatic nitrogens is 1. The van der Waals surface area contributed by atoms with Crippen LogP contribution in [0.1, 0.15) is 75.7 Å². The minimum Gasteiger partial charge on any atom is -0.489 e. The standard InChI is InChI=1S/C35H39N5O8S/c1-21-30(18-37-48-21)49(45,46)38-16-15-23(19-38)47-29-13-7-8-22-14-17-39(33(42)25-10-4-3-9-24(25)32(41)36-2)28(31(22)29)20-40-34(43)26-11-5-6-12-27(26)35(40)44/h5-8,11-13,18,23-25,28H,3-4,9-10,14-17,19-20H2,1-2H3,(H,36,41)/t23?,24-,25?,28-/m1/s1. The molecule has 2 aromatic carbocycles. The lowest BCUT2D eigenvalue weighted by Gasteiger charge is -2.43. The molecule has 1 aromatic heterocycles. The van der Waals surface area contributed by atoms with Crippen LogP contribution in [-0.2, 0) is 26.0 Å². The zero-order valence-electron chi connectivity index (χ0n) is 27.5. The zero-order valence-corrected chi connectivity index (χ0v) is 28.3. The first-order chi connectivity index (χ1) is 23.6. The highest BCUT2D eigenvalue weighted by molar-refractivity contribution is 7.89. The molecule has 1 aliphatic carbocycles. The van der Waals surface area contributed by atoms with Gasteiger partial charge in [-0.05, 0) is 56.4 Å². The largest absolute Gasteiger partial charge is 0.489 e. The second-order valence-electron chi connectivity index (χ2n) is 13.1. The van der Waals surface area contributed by atoms with E-state index in [4.69, 9.17) is 9.26 Å². The molecule has 2 fully saturated rings. The molecule has 13 nitrogen and oxygen atoms in total. The van der Waals surface area contributed by atoms with Crippen LogP contribution in [0.3, 0.4) is 0 Å². The van der Waals surface area contributed by atoms with Crippen molar-refractivity contribution in [2.45, 2.75) is 62.5 Å². The molecular formula is C35H39N5O8S. The Kier molecular flexibility index (Phi) is 8.78. The molecule has 2 unspecified atom stereocenters. The second-order valence-corrected chi connectivity index (χ2v) is 15.0. The highest BCUT2D eigenvalue weighted by Gasteiger charge is 2.45. The lowest BCUT2D eigenvalue weighted by atomic mass is 9.77. The van der Waals surface area contributed by atoms with E-state index in [1.807, 2.05) is 12.1 Å². The Morgan fingerprint density at radius 1 is 0.980 bits per heavy atom. The van der Waals surface area contributed by atoms with E-state index in [0.717, 1.165) is 18.4 Å². The quantitative estimate of drug-likeness (QED) is 0.351. The van der Waals surface area contributed by atoms with E-state index in [9.17, 15) is 27.6 Å². The van der Waals surface area contributed by atoms with Crippen molar-refractivity contribution in [2.75, 3.05) is 33.2 Å². The van der Waals surface area contributed by atoms with Crippen LogP contribution in [0.15, 0.2) is 58.1 Å². The molecule has 7 rings (SSSR count). The average molecular weight is 690 g/mol. The van der Waals surface area contributed by atoms with Gasteiger partial charge in [0.05, 0.1) is 36.5 Å². The molecule has 4 aliphatic rings. The van der Waals surface area contributed by atoms with Gasteiger partial charge >= 0.3 is 0 Å². The van der Waals surface area contributed by atoms with E-state index in [1.165, 1.54) is 15.4 Å². The highest BCUT2D eigenvalue weighted by Crippen LogP contribution is 2.42. The molecule has 1 N–H and O–H groups in total. The van der Waals surface area contributed by atoms with Gasteiger partial charge in [-0.2, -0.15) is 4.31 Å². The third kappa shape index (κ3) is 5.80. The van der Waals surface area contributed by atoms with E-state index in [1.54, 1.807) is 49.2 Å². The molecule has 3 aliphatic heterocycles. The van der Waals surface area contributed by atoms with Crippen LogP contribution >= 0.6 is 0 Å². The molecule has 4 amide bonds. The third-order valence-corrected chi connectivity index (χ3v) is 12.4. The van der Waals surface area contributed by atoms with Gasteiger partial charge in [-0.15, -0.1) is 0 Å². The number of rotatable bonds is 8. The number of imide groups is 1. The van der Waals surface area contributed by atoms with E-state index >= 15 is 0 Å². The number of sulfonamides is 1. The maximum absolute atomic E-state index is 14.5. The predicted molar refractivity (Wildman–Crippen MR) is 175 cm³/mol. The summed E-state index contributed by atoms with van der Waals surface area (Å²) >= 11 is 0. The third-order valence-electron chi connectivity index (χ3n) is 10.4. The Bertz CT molecular complexity index is 1890. The van der Waals surface area contributed by atoms with Crippen molar-refractivity contribution in [3.63, 3.8) is 0 Å². The summed E-state index contributed by atoms with van der Waals surface area (Å²) in [7, 11) is -2.27. The van der Waals surface area contributed by atoms with Gasteiger partial charge in [-0.3, -0.25) is 24.1 Å². The van der Waals surface area contributed by atoms with Gasteiger partial charge < -0.3 is 19.5 Å². The fourth-order valence-electron chi connectivity index (χ4n) is 7.88. The van der Waals surface area contributed by atoms with Crippen molar-refractivity contribution >= 4 is 33.7 Å². The topological polar surface area (TPSA) is 159 Å². The highest BCUT2D eigenvalue weighted by atomic mass is 32.2. The molecule has 258 valence electrons. The van der Waals surface area contributed by atoms with Gasteiger partial charge in [0.2, 0.25) is 21.8 Å². The molecule has 4 atom stereocenters. The summed E-state index contributed by atoms with van der Waals surface area (Å²) in [6.45, 7) is 2.12. The SMILES string of the molecule is CNC(=O)[C@@H]1CCCCC1C(=O)N1CCc2cccc(OC3CCN(S(=O)(=O)c4cnoc4C)C3)c2[C@H]1CN1C(=O)c2ccccc2C1=O. The normalized spacial score (nSPS) is 24.1. The van der Waals surface area contributed by atoms with Gasteiger partial charge in [0.15, 0.2) is 5.76 Å². The molecular weight excluding hydrogens is 650 g/mol. The Labute approximate surface area is 284 Å². The Morgan fingerprint density at radius 2 is 1.69 bits per heavy atom. The van der Waals surface area contributed by atoms with Crippen molar-refractivity contribution in [3.8, 4) is 5.75 Å². The smallest absolute Gasteiger partial charge is 0.261 e. The van der Waals surface area contributed by atoms with Gasteiger partial charge in [0.25, 0.3) is 11.8 Å². The first-order valence-electron chi connectivity index (χ1n) is 16.8. The van der Waals surface area contributed by atoms with E-state index in [2.05, 4.69) is 10.5 Å². The monoisotopic (exact) mass is 689 g/mol. The number of carbonyl (C=O) groups is 4. The van der Waals surface area contributed by atoms with Crippen molar-refractivity contribution in [2.24, 2.45) is 11.8 Å². The van der Waals surface area contributed by atoms with Gasteiger partial charge in [-0.1, -0.05) is 42.3 Å². The van der Waals surface area contributed by atoms with Crippen LogP contribution < -0.4 is 10.1 Å². The Morgan fingerprint density at radius 3 is 2.37 bits per heavy atom. The van der Waals surface area contributed by atoms with Crippen LogP contribution in [0.25, 0.3) is 0 Å². The number of fused-ring (bicyclic) bond motifs is 2. The first-order valence-corrected chi connectivity index (χ1v) is 18.2. The van der Waals surface area contributed by atoms with Crippen LogP contribution in [0, 0.1) is 18.8 Å². The average Bonchev–Trinajstić information content (AvgIpc) is 3.84. The number of benzene rings is 2. The molecule has 1 saturated heterocycles. The predicted octanol–water partition coefficient (Wildman–Crippen LogP) is 3.10. The van der Waals surface area contributed by atoms with Crippen molar-refractivity contribution in [1.82, 2.24) is 24.6 Å². The molecule has 4 heterocycles. The number of amides is 4. The molecule has 3 aromatic rings. The number of hydrogen-bond donors (Lipinski definition) is 1. The summed E-state index contributed by atoms with van der Waals surface area (Å²) < 4.78 is 39.6. The van der Waals surface area contributed by atoms with Crippen molar-refractivity contribution < 1.29 is 36.9 Å². The lowest BCUT2D eigenvalue weighted by molar-refractivity contribution is -0.146. The fourth-order valence-corrected chi connectivity index (χ4v) is 9.44. The van der Waals surface area contributed by atoms with Gasteiger partial charge in [-0.25, -0.2) is 8.42 Å². The van der Waals surface area contributed by atoms with Crippen LogP contribution in [-0.4, -0.2) is 90.6 Å². The van der Waals surface area contributed by atoms with Crippen molar-refractivity contribution in [3.05, 3.63) is 76.7 Å². The molecule has 0 spiro atoms. The minimum absolute atomic E-state index is 0.0122. The maximum atomic E-state index is 14.5. The number of nitrogens with zero attached hydrogens (tertiary/aromatic N) is 4. The summed E-state index contributed by atoms with van der Waals surface area (Å²) in [6, 6.07) is 11.5. The second kappa shape index (κ2) is 13.0. The molecule has 14 heteroatoms. The number of carbonyl (C=O) groups excluding carboxylic acids is 4. The van der Waals surface area contributed by atoms with E-state index in [0.29, 0.717) is 54.7 Å². The number of hydrogen-bond acceptors (Lipinski definition) is 9. The number of ether oxygens (including phenoxy) is 1. The Balaban J connectivity index is 1.22. The molecule has 0 bridgehead atoms. The summed E-state index contributed by atoms with van der Waals surface area (Å²) in [6.07, 6.45) is 4.48. The lowest BCUT2D eigenvalue weighted by Crippen LogP contribution is -2.51. The van der Waals surface area contributed by atoms with Gasteiger partial charge in [0, 0.05) is 37.5 Å². The van der Waals surface area contributed by atoms with Crippen LogP contribution in [0.4, 0.5) is 0 Å². The molecule has 1 saturated carbocycles. The fraction of sp³-hybridized carbons (Fsp3) is 0.457.